The first-order valence-corrected chi connectivity index (χ1v) is 13.8. The van der Waals surface area contributed by atoms with E-state index in [0.29, 0.717) is 37.7 Å². The van der Waals surface area contributed by atoms with Crippen LogP contribution in [0.1, 0.15) is 21.3 Å². The van der Waals surface area contributed by atoms with Gasteiger partial charge in [-0.3, -0.25) is 4.79 Å². The maximum Gasteiger partial charge on any atom is 0.277 e. The number of hydrogen-bond donors (Lipinski definition) is 1. The van der Waals surface area contributed by atoms with Crippen LogP contribution < -0.4 is 14.9 Å². The number of nitrogens with zero attached hydrogens (tertiary/aromatic N) is 1. The summed E-state index contributed by atoms with van der Waals surface area (Å²) >= 11 is 13.8. The number of thioether (sulfide) groups is 2. The zero-order valence-electron chi connectivity index (χ0n) is 18.1. The second-order valence-corrected chi connectivity index (χ2v) is 11.3. The lowest BCUT2D eigenvalue weighted by atomic mass is 10.2. The van der Waals surface area contributed by atoms with Crippen molar-refractivity contribution in [2.45, 2.75) is 11.2 Å². The number of amides is 1. The van der Waals surface area contributed by atoms with E-state index in [4.69, 9.17) is 21.1 Å². The van der Waals surface area contributed by atoms with Crippen LogP contribution in [0.2, 0.25) is 5.02 Å². The molecule has 176 valence electrons. The quantitative estimate of drug-likeness (QED) is 0.227. The molecule has 1 N–H and O–H groups in total. The molecule has 1 fully saturated rings. The second kappa shape index (κ2) is 12.5. The molecule has 0 aromatic heterocycles. The largest absolute Gasteiger partial charge is 0.486 e. The Morgan fingerprint density at radius 1 is 1.09 bits per heavy atom. The minimum atomic E-state index is -0.352. The highest BCUT2D eigenvalue weighted by Gasteiger charge is 2.18. The molecule has 1 heterocycles. The third-order valence-corrected chi connectivity index (χ3v) is 8.77. The molecule has 0 atom stereocenters. The smallest absolute Gasteiger partial charge is 0.277 e. The van der Waals surface area contributed by atoms with Crippen molar-refractivity contribution >= 4 is 63.2 Å². The Morgan fingerprint density at radius 2 is 1.82 bits per heavy atom. The van der Waals surface area contributed by atoms with Crippen LogP contribution in [0.25, 0.3) is 0 Å². The number of ether oxygens (including phenoxy) is 2. The highest BCUT2D eigenvalue weighted by atomic mass is 79.9. The number of hydrazone groups is 1. The van der Waals surface area contributed by atoms with Crippen LogP contribution in [-0.2, 0) is 11.4 Å². The van der Waals surface area contributed by atoms with Crippen LogP contribution in [0.3, 0.4) is 0 Å². The number of carbonyl (C=O) groups is 1. The molecule has 0 saturated carbocycles. The molecule has 34 heavy (non-hydrogen) atoms. The number of halogens is 2. The Hall–Kier alpha value is -2.13. The van der Waals surface area contributed by atoms with E-state index in [1.54, 1.807) is 6.07 Å². The monoisotopic (exact) mass is 576 g/mol. The molecule has 1 aliphatic rings. The summed E-state index contributed by atoms with van der Waals surface area (Å²) in [6.07, 6.45) is 1.52. The Bertz CT molecular complexity index is 1120. The van der Waals surface area contributed by atoms with Gasteiger partial charge in [0.25, 0.3) is 5.91 Å². The summed E-state index contributed by atoms with van der Waals surface area (Å²) < 4.78 is 12.6. The fraction of sp³-hybridized carbons (Fsp3) is 0.200. The van der Waals surface area contributed by atoms with Crippen LogP contribution in [0.15, 0.2) is 76.3 Å². The molecule has 0 radical (unpaired) electrons. The minimum Gasteiger partial charge on any atom is -0.486 e. The first kappa shape index (κ1) is 25.0. The standard InChI is InChI=1S/C25H22BrClN2O3S2/c26-21-12-18(13-22(27)24(21)32-15-17-4-2-1-3-5-17)14-28-29-23(30)16-31-20-8-6-19(7-9-20)25-33-10-11-34-25/h1-9,12-14,25H,10-11,15-16H2,(H,29,30)/b28-14-. The van der Waals surface area contributed by atoms with Crippen LogP contribution >= 0.6 is 51.1 Å². The van der Waals surface area contributed by atoms with Gasteiger partial charge in [-0.15, -0.1) is 23.5 Å². The zero-order chi connectivity index (χ0) is 23.8. The second-order valence-electron chi connectivity index (χ2n) is 7.31. The lowest BCUT2D eigenvalue weighted by molar-refractivity contribution is -0.123. The SMILES string of the molecule is O=C(COc1ccc(C2SCCS2)cc1)N/N=C\c1cc(Cl)c(OCc2ccccc2)c(Br)c1. The van der Waals surface area contributed by atoms with E-state index in [-0.39, 0.29) is 12.5 Å². The maximum atomic E-state index is 12.1. The van der Waals surface area contributed by atoms with Crippen molar-refractivity contribution in [3.05, 3.63) is 92.9 Å². The molecule has 0 unspecified atom stereocenters. The number of nitrogens with one attached hydrogen (secondary N) is 1. The predicted octanol–water partition coefficient (Wildman–Crippen LogP) is 6.69. The van der Waals surface area contributed by atoms with E-state index in [0.717, 1.165) is 5.56 Å². The van der Waals surface area contributed by atoms with Gasteiger partial charge >= 0.3 is 0 Å². The number of benzene rings is 3. The first-order chi connectivity index (χ1) is 16.6. The van der Waals surface area contributed by atoms with Gasteiger partial charge in [0.05, 0.1) is 20.3 Å². The van der Waals surface area contributed by atoms with Gasteiger partial charge in [-0.25, -0.2) is 5.43 Å². The van der Waals surface area contributed by atoms with Crippen molar-refractivity contribution in [1.82, 2.24) is 5.43 Å². The summed E-state index contributed by atoms with van der Waals surface area (Å²) in [6, 6.07) is 21.3. The third kappa shape index (κ3) is 7.18. The van der Waals surface area contributed by atoms with E-state index in [1.165, 1.54) is 23.3 Å². The van der Waals surface area contributed by atoms with Gasteiger partial charge in [0.1, 0.15) is 12.4 Å². The van der Waals surface area contributed by atoms with E-state index < -0.39 is 0 Å². The molecule has 9 heteroatoms. The van der Waals surface area contributed by atoms with Crippen LogP contribution in [0, 0.1) is 0 Å². The lowest BCUT2D eigenvalue weighted by Gasteiger charge is -2.11. The lowest BCUT2D eigenvalue weighted by Crippen LogP contribution is -2.24. The number of carbonyl (C=O) groups excluding carboxylic acids is 1. The fourth-order valence-electron chi connectivity index (χ4n) is 3.15. The maximum absolute atomic E-state index is 12.1. The first-order valence-electron chi connectivity index (χ1n) is 10.5. The Morgan fingerprint density at radius 3 is 2.53 bits per heavy atom. The van der Waals surface area contributed by atoms with Gasteiger partial charge in [-0.2, -0.15) is 5.10 Å². The van der Waals surface area contributed by atoms with E-state index in [2.05, 4.69) is 38.6 Å². The molecule has 3 aromatic rings. The number of hydrogen-bond acceptors (Lipinski definition) is 6. The molecule has 0 bridgehead atoms. The van der Waals surface area contributed by atoms with Gasteiger partial charge in [-0.1, -0.05) is 54.1 Å². The Kier molecular flexibility index (Phi) is 9.21. The normalized spacial score (nSPS) is 13.8. The molecule has 5 nitrogen and oxygen atoms in total. The summed E-state index contributed by atoms with van der Waals surface area (Å²) in [5.74, 6) is 3.22. The fourth-order valence-corrected chi connectivity index (χ4v) is 7.00. The van der Waals surface area contributed by atoms with Crippen molar-refractivity contribution in [3.8, 4) is 11.5 Å². The molecular formula is C25H22BrClN2O3S2. The summed E-state index contributed by atoms with van der Waals surface area (Å²) in [6.45, 7) is 0.282. The predicted molar refractivity (Wildman–Crippen MR) is 145 cm³/mol. The van der Waals surface area contributed by atoms with Crippen molar-refractivity contribution < 1.29 is 14.3 Å². The summed E-state index contributed by atoms with van der Waals surface area (Å²) in [5, 5.41) is 4.44. The third-order valence-electron chi connectivity index (χ3n) is 4.79. The minimum absolute atomic E-state index is 0.125. The average molecular weight is 578 g/mol. The van der Waals surface area contributed by atoms with E-state index in [9.17, 15) is 4.79 Å². The van der Waals surface area contributed by atoms with Crippen molar-refractivity contribution in [2.75, 3.05) is 18.1 Å². The molecule has 0 aliphatic carbocycles. The molecule has 0 spiro atoms. The van der Waals surface area contributed by atoms with Gasteiger partial charge in [0.2, 0.25) is 0 Å². The summed E-state index contributed by atoms with van der Waals surface area (Å²) in [5.41, 5.74) is 5.50. The molecular weight excluding hydrogens is 556 g/mol. The topological polar surface area (TPSA) is 59.9 Å². The van der Waals surface area contributed by atoms with Crippen LogP contribution in [0.5, 0.6) is 11.5 Å². The average Bonchev–Trinajstić information content (AvgIpc) is 3.38. The van der Waals surface area contributed by atoms with Crippen molar-refractivity contribution in [2.24, 2.45) is 5.10 Å². The molecule has 1 aliphatic heterocycles. The molecule has 4 rings (SSSR count). The van der Waals surface area contributed by atoms with Crippen LogP contribution in [-0.4, -0.2) is 30.2 Å². The van der Waals surface area contributed by atoms with Gasteiger partial charge < -0.3 is 9.47 Å². The van der Waals surface area contributed by atoms with Crippen LogP contribution in [0.4, 0.5) is 0 Å². The summed E-state index contributed by atoms with van der Waals surface area (Å²) in [4.78, 5) is 12.1. The summed E-state index contributed by atoms with van der Waals surface area (Å²) in [7, 11) is 0. The van der Waals surface area contributed by atoms with Gasteiger partial charge in [0, 0.05) is 11.5 Å². The zero-order valence-corrected chi connectivity index (χ0v) is 22.1. The Balaban J connectivity index is 1.25. The molecule has 1 amide bonds. The highest BCUT2D eigenvalue weighted by molar-refractivity contribution is 9.10. The van der Waals surface area contributed by atoms with E-state index in [1.807, 2.05) is 72.1 Å². The molecule has 3 aromatic carbocycles. The van der Waals surface area contributed by atoms with Crippen molar-refractivity contribution in [3.63, 3.8) is 0 Å². The highest BCUT2D eigenvalue weighted by Crippen LogP contribution is 2.45. The van der Waals surface area contributed by atoms with Gasteiger partial charge in [0.15, 0.2) is 12.4 Å². The van der Waals surface area contributed by atoms with Gasteiger partial charge in [-0.05, 0) is 56.9 Å². The Labute approximate surface area is 220 Å². The number of rotatable bonds is 9. The van der Waals surface area contributed by atoms with E-state index >= 15 is 0 Å². The van der Waals surface area contributed by atoms with Crippen molar-refractivity contribution in [1.29, 1.82) is 0 Å². The molecule has 1 saturated heterocycles.